The summed E-state index contributed by atoms with van der Waals surface area (Å²) in [4.78, 5) is 17.0. The first-order chi connectivity index (χ1) is 10.8. The number of hydrogen-bond donors (Lipinski definition) is 1. The van der Waals surface area contributed by atoms with Crippen LogP contribution >= 0.6 is 11.5 Å². The van der Waals surface area contributed by atoms with Crippen molar-refractivity contribution < 1.29 is 4.79 Å². The normalized spacial score (nSPS) is 21.7. The number of amides is 1. The van der Waals surface area contributed by atoms with Gasteiger partial charge in [0.1, 0.15) is 17.5 Å². The van der Waals surface area contributed by atoms with E-state index in [1.54, 1.807) is 12.7 Å². The summed E-state index contributed by atoms with van der Waals surface area (Å²) in [5.74, 6) is -0.0253. The maximum atomic E-state index is 12.4. The number of carbonyl (C=O) groups excluding carboxylic acids is 1. The topological polar surface area (TPSA) is 85.6 Å². The van der Waals surface area contributed by atoms with Gasteiger partial charge in [-0.3, -0.25) is 4.79 Å². The molecule has 0 saturated heterocycles. The van der Waals surface area contributed by atoms with Crippen molar-refractivity contribution in [1.82, 2.24) is 29.7 Å². The Kier molecular flexibility index (Phi) is 4.77. The van der Waals surface area contributed by atoms with Crippen LogP contribution in [0, 0.1) is 0 Å². The van der Waals surface area contributed by atoms with Crippen molar-refractivity contribution in [1.29, 1.82) is 0 Å². The first kappa shape index (κ1) is 15.1. The molecule has 1 aliphatic rings. The molecule has 0 unspecified atom stereocenters. The molecule has 0 atom stereocenters. The fourth-order valence-corrected chi connectivity index (χ4v) is 3.53. The first-order valence-electron chi connectivity index (χ1n) is 7.74. The predicted octanol–water partition coefficient (Wildman–Crippen LogP) is 2.00. The van der Waals surface area contributed by atoms with Gasteiger partial charge in [-0.25, -0.2) is 9.67 Å². The molecule has 22 heavy (non-hydrogen) atoms. The summed E-state index contributed by atoms with van der Waals surface area (Å²) in [6, 6.07) is 0.625. The molecule has 0 spiro atoms. The Morgan fingerprint density at radius 3 is 2.91 bits per heavy atom. The third-order valence-electron chi connectivity index (χ3n) is 4.09. The zero-order chi connectivity index (χ0) is 15.4. The summed E-state index contributed by atoms with van der Waals surface area (Å²) in [7, 11) is 0. The molecule has 8 heteroatoms. The molecule has 0 aromatic carbocycles. The second-order valence-electron chi connectivity index (χ2n) is 5.65. The van der Waals surface area contributed by atoms with E-state index < -0.39 is 0 Å². The van der Waals surface area contributed by atoms with Gasteiger partial charge in [0.25, 0.3) is 5.91 Å². The van der Waals surface area contributed by atoms with Gasteiger partial charge in [0, 0.05) is 6.04 Å². The summed E-state index contributed by atoms with van der Waals surface area (Å²) >= 11 is 1.19. The van der Waals surface area contributed by atoms with E-state index in [0.717, 1.165) is 44.2 Å². The number of aryl methyl sites for hydroxylation is 1. The maximum absolute atomic E-state index is 12.4. The van der Waals surface area contributed by atoms with Gasteiger partial charge < -0.3 is 5.32 Å². The largest absolute Gasteiger partial charge is 0.348 e. The van der Waals surface area contributed by atoms with E-state index in [9.17, 15) is 4.79 Å². The van der Waals surface area contributed by atoms with Crippen LogP contribution in [0.25, 0.3) is 0 Å². The summed E-state index contributed by atoms with van der Waals surface area (Å²) in [5, 5.41) is 11.4. The molecular weight excluding hydrogens is 300 g/mol. The summed E-state index contributed by atoms with van der Waals surface area (Å²) in [6.07, 6.45) is 9.06. The second kappa shape index (κ2) is 6.95. The van der Waals surface area contributed by atoms with Crippen molar-refractivity contribution in [3.63, 3.8) is 0 Å². The Balaban J connectivity index is 1.54. The monoisotopic (exact) mass is 320 g/mol. The van der Waals surface area contributed by atoms with Crippen LogP contribution in [0.4, 0.5) is 0 Å². The van der Waals surface area contributed by atoms with Crippen molar-refractivity contribution in [3.05, 3.63) is 23.2 Å². The number of aromatic nitrogens is 5. The minimum atomic E-state index is -0.0253. The molecule has 2 aromatic rings. The van der Waals surface area contributed by atoms with Gasteiger partial charge in [-0.2, -0.15) is 5.10 Å². The lowest BCUT2D eigenvalue weighted by molar-refractivity contribution is 0.0924. The summed E-state index contributed by atoms with van der Waals surface area (Å²) in [6.45, 7) is 2.08. The lowest BCUT2D eigenvalue weighted by Gasteiger charge is -2.28. The van der Waals surface area contributed by atoms with Crippen molar-refractivity contribution in [2.45, 2.75) is 57.5 Å². The van der Waals surface area contributed by atoms with Gasteiger partial charge in [0.15, 0.2) is 0 Å². The molecule has 0 bridgehead atoms. The third kappa shape index (κ3) is 3.32. The SMILES string of the molecule is CCCc1nnsc1C(=O)NC1CCC(n2cncn2)CC1. The lowest BCUT2D eigenvalue weighted by atomic mass is 9.91. The highest BCUT2D eigenvalue weighted by Crippen LogP contribution is 2.27. The molecular formula is C14H20N6OS. The van der Waals surface area contributed by atoms with Crippen LogP contribution in [-0.4, -0.2) is 36.3 Å². The van der Waals surface area contributed by atoms with E-state index in [-0.39, 0.29) is 11.9 Å². The molecule has 7 nitrogen and oxygen atoms in total. The van der Waals surface area contributed by atoms with E-state index in [2.05, 4.69) is 31.9 Å². The van der Waals surface area contributed by atoms with E-state index in [1.165, 1.54) is 11.5 Å². The number of rotatable bonds is 5. The van der Waals surface area contributed by atoms with Gasteiger partial charge in [0.2, 0.25) is 0 Å². The average Bonchev–Trinajstić information content (AvgIpc) is 3.19. The van der Waals surface area contributed by atoms with Crippen molar-refractivity contribution in [3.8, 4) is 0 Å². The molecule has 1 N–H and O–H groups in total. The molecule has 1 saturated carbocycles. The first-order valence-corrected chi connectivity index (χ1v) is 8.51. The standard InChI is InChI=1S/C14H20N6OS/c1-2-3-12-13(22-19-18-12)14(21)17-10-4-6-11(7-5-10)20-9-15-8-16-20/h8-11H,2-7H2,1H3,(H,17,21). The molecule has 0 radical (unpaired) electrons. The van der Waals surface area contributed by atoms with Crippen molar-refractivity contribution in [2.24, 2.45) is 0 Å². The van der Waals surface area contributed by atoms with Gasteiger partial charge in [0.05, 0.1) is 11.7 Å². The predicted molar refractivity (Wildman–Crippen MR) is 82.7 cm³/mol. The second-order valence-corrected chi connectivity index (χ2v) is 6.41. The Morgan fingerprint density at radius 2 is 2.23 bits per heavy atom. The van der Waals surface area contributed by atoms with E-state index in [0.29, 0.717) is 10.9 Å². The van der Waals surface area contributed by atoms with Crippen LogP contribution < -0.4 is 5.32 Å². The minimum Gasteiger partial charge on any atom is -0.348 e. The van der Waals surface area contributed by atoms with Crippen LogP contribution in [0.5, 0.6) is 0 Å². The van der Waals surface area contributed by atoms with Crippen molar-refractivity contribution >= 4 is 17.4 Å². The van der Waals surface area contributed by atoms with E-state index >= 15 is 0 Å². The quantitative estimate of drug-likeness (QED) is 0.910. The average molecular weight is 320 g/mol. The van der Waals surface area contributed by atoms with Crippen LogP contribution in [0.2, 0.25) is 0 Å². The zero-order valence-electron chi connectivity index (χ0n) is 12.6. The molecule has 1 aliphatic carbocycles. The van der Waals surface area contributed by atoms with Gasteiger partial charge in [-0.1, -0.05) is 17.8 Å². The van der Waals surface area contributed by atoms with Crippen LogP contribution in [-0.2, 0) is 6.42 Å². The van der Waals surface area contributed by atoms with Gasteiger partial charge in [-0.15, -0.1) is 5.10 Å². The fraction of sp³-hybridized carbons (Fsp3) is 0.643. The number of carbonyl (C=O) groups is 1. The van der Waals surface area contributed by atoms with Crippen molar-refractivity contribution in [2.75, 3.05) is 0 Å². The highest BCUT2D eigenvalue weighted by atomic mass is 32.1. The highest BCUT2D eigenvalue weighted by molar-refractivity contribution is 7.08. The molecule has 118 valence electrons. The van der Waals surface area contributed by atoms with E-state index in [4.69, 9.17) is 0 Å². The maximum Gasteiger partial charge on any atom is 0.265 e. The summed E-state index contributed by atoms with van der Waals surface area (Å²) < 4.78 is 5.83. The van der Waals surface area contributed by atoms with Gasteiger partial charge >= 0.3 is 0 Å². The van der Waals surface area contributed by atoms with Crippen LogP contribution in [0.3, 0.4) is 0 Å². The molecule has 2 heterocycles. The number of nitrogens with zero attached hydrogens (tertiary/aromatic N) is 5. The lowest BCUT2D eigenvalue weighted by Crippen LogP contribution is -2.38. The smallest absolute Gasteiger partial charge is 0.265 e. The Bertz CT molecular complexity index is 603. The molecule has 1 fully saturated rings. The van der Waals surface area contributed by atoms with Crippen LogP contribution in [0.15, 0.2) is 12.7 Å². The zero-order valence-corrected chi connectivity index (χ0v) is 13.4. The van der Waals surface area contributed by atoms with Crippen LogP contribution in [0.1, 0.15) is 60.4 Å². The molecule has 0 aliphatic heterocycles. The molecule has 2 aromatic heterocycles. The highest BCUT2D eigenvalue weighted by Gasteiger charge is 2.25. The molecule has 1 amide bonds. The van der Waals surface area contributed by atoms with Gasteiger partial charge in [-0.05, 0) is 43.6 Å². The molecule has 3 rings (SSSR count). The third-order valence-corrected chi connectivity index (χ3v) is 4.86. The number of hydrogen-bond acceptors (Lipinski definition) is 6. The number of nitrogens with one attached hydrogen (secondary N) is 1. The Morgan fingerprint density at radius 1 is 1.41 bits per heavy atom. The Labute approximate surface area is 133 Å². The summed E-state index contributed by atoms with van der Waals surface area (Å²) in [5.41, 5.74) is 0.821. The minimum absolute atomic E-state index is 0.0253. The Hall–Kier alpha value is -1.83. The fourth-order valence-electron chi connectivity index (χ4n) is 2.92. The van der Waals surface area contributed by atoms with E-state index in [1.807, 2.05) is 4.68 Å².